The van der Waals surface area contributed by atoms with E-state index in [2.05, 4.69) is 31.2 Å². The second kappa shape index (κ2) is 13.0. The van der Waals surface area contributed by atoms with Gasteiger partial charge in [-0.25, -0.2) is 0 Å². The first-order chi connectivity index (χ1) is 8.27. The van der Waals surface area contributed by atoms with Crippen LogP contribution in [0.15, 0.2) is 24.3 Å². The number of hydrogen-bond acceptors (Lipinski definition) is 1. The molecule has 0 spiro atoms. The maximum Gasteiger partial charge on any atom is 0.303 e. The second-order valence-corrected chi connectivity index (χ2v) is 4.30. The average Bonchev–Trinajstić information content (AvgIpc) is 2.30. The van der Waals surface area contributed by atoms with Gasteiger partial charge in [0.1, 0.15) is 0 Å². The van der Waals surface area contributed by atoms with Crippen LogP contribution in [0, 0.1) is 0 Å². The van der Waals surface area contributed by atoms with Crippen LogP contribution in [-0.4, -0.2) is 11.1 Å². The summed E-state index contributed by atoms with van der Waals surface area (Å²) in [7, 11) is 0. The van der Waals surface area contributed by atoms with E-state index in [1.54, 1.807) is 0 Å². The van der Waals surface area contributed by atoms with E-state index in [1.165, 1.54) is 12.8 Å². The van der Waals surface area contributed by atoms with Crippen LogP contribution in [0.4, 0.5) is 0 Å². The van der Waals surface area contributed by atoms with Crippen molar-refractivity contribution in [3.63, 3.8) is 0 Å². The molecule has 0 amide bonds. The van der Waals surface area contributed by atoms with Crippen molar-refractivity contribution in [2.75, 3.05) is 0 Å². The minimum atomic E-state index is -0.681. The predicted octanol–water partition coefficient (Wildman–Crippen LogP) is 4.71. The van der Waals surface area contributed by atoms with Crippen molar-refractivity contribution in [3.05, 3.63) is 24.3 Å². The van der Waals surface area contributed by atoms with Crippen molar-refractivity contribution in [3.8, 4) is 0 Å². The lowest BCUT2D eigenvalue weighted by Crippen LogP contribution is -1.93. The molecule has 1 N–H and O–H groups in total. The highest BCUT2D eigenvalue weighted by molar-refractivity contribution is 5.66. The summed E-state index contributed by atoms with van der Waals surface area (Å²) in [6.45, 7) is 2.19. The number of unbranched alkanes of at least 4 members (excludes halogenated alkanes) is 5. The summed E-state index contributed by atoms with van der Waals surface area (Å²) in [5.41, 5.74) is 0. The highest BCUT2D eigenvalue weighted by atomic mass is 16.4. The predicted molar refractivity (Wildman–Crippen MR) is 73.1 cm³/mol. The van der Waals surface area contributed by atoms with Gasteiger partial charge >= 0.3 is 5.97 Å². The van der Waals surface area contributed by atoms with Crippen molar-refractivity contribution in [1.29, 1.82) is 0 Å². The van der Waals surface area contributed by atoms with Gasteiger partial charge in [0.15, 0.2) is 0 Å². The van der Waals surface area contributed by atoms with E-state index in [0.29, 0.717) is 6.42 Å². The molecular weight excluding hydrogens is 212 g/mol. The third-order valence-electron chi connectivity index (χ3n) is 2.55. The molecule has 0 aliphatic carbocycles. The molecule has 2 nitrogen and oxygen atoms in total. The Morgan fingerprint density at radius 3 is 2.06 bits per heavy atom. The Morgan fingerprint density at radius 2 is 1.47 bits per heavy atom. The quantitative estimate of drug-likeness (QED) is 0.418. The summed E-state index contributed by atoms with van der Waals surface area (Å²) in [5.74, 6) is -0.681. The normalized spacial score (nSPS) is 11.6. The summed E-state index contributed by atoms with van der Waals surface area (Å²) in [5, 5.41) is 8.45. The Labute approximate surface area is 105 Å². The van der Waals surface area contributed by atoms with Crippen LogP contribution < -0.4 is 0 Å². The minimum Gasteiger partial charge on any atom is -0.481 e. The van der Waals surface area contributed by atoms with Gasteiger partial charge in [-0.05, 0) is 38.5 Å². The van der Waals surface area contributed by atoms with Gasteiger partial charge in [-0.15, -0.1) is 0 Å². The molecule has 0 aromatic rings. The van der Waals surface area contributed by atoms with Gasteiger partial charge in [-0.3, -0.25) is 4.79 Å². The standard InChI is InChI=1S/C15H26O2/c1-2-3-4-5-6-7-8-9-10-11-12-13-14-15(16)17/h4-5,8-9H,2-3,6-7,10-14H2,1H3,(H,16,17)/b5-4+,9-8-. The Bertz CT molecular complexity index is 229. The highest BCUT2D eigenvalue weighted by Gasteiger charge is 1.94. The zero-order valence-electron chi connectivity index (χ0n) is 11.0. The van der Waals surface area contributed by atoms with Crippen molar-refractivity contribution >= 4 is 5.97 Å². The molecule has 2 heteroatoms. The lowest BCUT2D eigenvalue weighted by Gasteiger charge is -1.95. The molecule has 98 valence electrons. The first kappa shape index (κ1) is 16.0. The topological polar surface area (TPSA) is 37.3 Å². The molecule has 0 aromatic carbocycles. The molecule has 0 radical (unpaired) electrons. The summed E-state index contributed by atoms with van der Waals surface area (Å²) in [4.78, 5) is 10.3. The van der Waals surface area contributed by atoms with Crippen LogP contribution in [0.3, 0.4) is 0 Å². The third kappa shape index (κ3) is 14.9. The number of allylic oxidation sites excluding steroid dienone is 4. The number of rotatable bonds is 11. The molecule has 17 heavy (non-hydrogen) atoms. The smallest absolute Gasteiger partial charge is 0.303 e. The van der Waals surface area contributed by atoms with Gasteiger partial charge in [0.05, 0.1) is 0 Å². The summed E-state index contributed by atoms with van der Waals surface area (Å²) in [6.07, 6.45) is 17.9. The number of aliphatic carboxylic acids is 1. The molecule has 0 fully saturated rings. The molecule has 0 atom stereocenters. The molecule has 0 rings (SSSR count). The lowest BCUT2D eigenvalue weighted by molar-refractivity contribution is -0.137. The van der Waals surface area contributed by atoms with Gasteiger partial charge in [0.25, 0.3) is 0 Å². The van der Waals surface area contributed by atoms with E-state index in [4.69, 9.17) is 5.11 Å². The Kier molecular flexibility index (Phi) is 12.2. The Balaban J connectivity index is 3.17. The van der Waals surface area contributed by atoms with Crippen molar-refractivity contribution in [2.45, 2.75) is 64.7 Å². The zero-order valence-corrected chi connectivity index (χ0v) is 11.0. The first-order valence-corrected chi connectivity index (χ1v) is 6.79. The fraction of sp³-hybridized carbons (Fsp3) is 0.667. The van der Waals surface area contributed by atoms with Crippen molar-refractivity contribution in [2.24, 2.45) is 0 Å². The van der Waals surface area contributed by atoms with Crippen LogP contribution in [-0.2, 0) is 4.79 Å². The Hall–Kier alpha value is -1.05. The van der Waals surface area contributed by atoms with Gasteiger partial charge < -0.3 is 5.11 Å². The van der Waals surface area contributed by atoms with E-state index in [9.17, 15) is 4.79 Å². The molecule has 0 aromatic heterocycles. The van der Waals surface area contributed by atoms with Crippen LogP contribution in [0.2, 0.25) is 0 Å². The van der Waals surface area contributed by atoms with Gasteiger partial charge in [-0.1, -0.05) is 44.1 Å². The van der Waals surface area contributed by atoms with E-state index >= 15 is 0 Å². The molecule has 0 bridgehead atoms. The first-order valence-electron chi connectivity index (χ1n) is 6.79. The van der Waals surface area contributed by atoms with E-state index < -0.39 is 5.97 Å². The van der Waals surface area contributed by atoms with Crippen molar-refractivity contribution in [1.82, 2.24) is 0 Å². The highest BCUT2D eigenvalue weighted by Crippen LogP contribution is 2.04. The monoisotopic (exact) mass is 238 g/mol. The molecule has 0 heterocycles. The number of carboxylic acid groups (broad SMARTS) is 1. The van der Waals surface area contributed by atoms with Gasteiger partial charge in [0.2, 0.25) is 0 Å². The largest absolute Gasteiger partial charge is 0.481 e. The van der Waals surface area contributed by atoms with E-state index in [-0.39, 0.29) is 0 Å². The van der Waals surface area contributed by atoms with Crippen molar-refractivity contribution < 1.29 is 9.90 Å². The van der Waals surface area contributed by atoms with E-state index in [1.807, 2.05) is 0 Å². The minimum absolute atomic E-state index is 0.311. The second-order valence-electron chi connectivity index (χ2n) is 4.30. The maximum atomic E-state index is 10.3. The molecule has 0 aliphatic heterocycles. The molecule has 0 saturated heterocycles. The van der Waals surface area contributed by atoms with Crippen LogP contribution in [0.25, 0.3) is 0 Å². The summed E-state index contributed by atoms with van der Waals surface area (Å²) >= 11 is 0. The number of carbonyl (C=O) groups is 1. The fourth-order valence-electron chi connectivity index (χ4n) is 1.55. The van der Waals surface area contributed by atoms with Crippen LogP contribution in [0.5, 0.6) is 0 Å². The summed E-state index contributed by atoms with van der Waals surface area (Å²) < 4.78 is 0. The SMILES string of the molecule is CCC/C=C/CC/C=C\CCCCCC(=O)O. The maximum absolute atomic E-state index is 10.3. The molecular formula is C15H26O2. The number of hydrogen-bond donors (Lipinski definition) is 1. The van der Waals surface area contributed by atoms with E-state index in [0.717, 1.165) is 38.5 Å². The van der Waals surface area contributed by atoms with Crippen LogP contribution >= 0.6 is 0 Å². The third-order valence-corrected chi connectivity index (χ3v) is 2.55. The summed E-state index contributed by atoms with van der Waals surface area (Å²) in [6, 6.07) is 0. The Morgan fingerprint density at radius 1 is 0.882 bits per heavy atom. The zero-order chi connectivity index (χ0) is 12.8. The molecule has 0 saturated carbocycles. The number of carboxylic acids is 1. The lowest BCUT2D eigenvalue weighted by atomic mass is 10.1. The molecule has 0 aliphatic rings. The van der Waals surface area contributed by atoms with Gasteiger partial charge in [0, 0.05) is 6.42 Å². The average molecular weight is 238 g/mol. The molecule has 0 unspecified atom stereocenters. The van der Waals surface area contributed by atoms with Gasteiger partial charge in [-0.2, -0.15) is 0 Å². The van der Waals surface area contributed by atoms with Crippen LogP contribution in [0.1, 0.15) is 64.7 Å². The fourth-order valence-corrected chi connectivity index (χ4v) is 1.55.